The molecule has 0 bridgehead atoms. The maximum atomic E-state index is 5.69. The molecule has 1 aliphatic rings. The molecular weight excluding hydrogens is 258 g/mol. The van der Waals surface area contributed by atoms with Crippen molar-refractivity contribution in [1.29, 1.82) is 0 Å². The van der Waals surface area contributed by atoms with Gasteiger partial charge < -0.3 is 10.1 Å². The van der Waals surface area contributed by atoms with Gasteiger partial charge >= 0.3 is 0 Å². The van der Waals surface area contributed by atoms with Crippen LogP contribution in [0.2, 0.25) is 0 Å². The molecule has 2 atom stereocenters. The topological polar surface area (TPSA) is 47.0 Å². The van der Waals surface area contributed by atoms with Crippen molar-refractivity contribution >= 4 is 11.5 Å². The third-order valence-corrected chi connectivity index (χ3v) is 4.63. The van der Waals surface area contributed by atoms with Crippen molar-refractivity contribution in [3.05, 3.63) is 10.6 Å². The van der Waals surface area contributed by atoms with E-state index in [4.69, 9.17) is 4.74 Å². The summed E-state index contributed by atoms with van der Waals surface area (Å²) in [6, 6.07) is 0.418. The molecule has 0 radical (unpaired) electrons. The van der Waals surface area contributed by atoms with E-state index >= 15 is 0 Å². The number of aryl methyl sites for hydroxylation is 1. The smallest absolute Gasteiger partial charge is 0.0772 e. The molecule has 1 aromatic heterocycles. The summed E-state index contributed by atoms with van der Waals surface area (Å²) in [6.45, 7) is 6.27. The van der Waals surface area contributed by atoms with Crippen LogP contribution >= 0.6 is 11.5 Å². The first-order valence-electron chi connectivity index (χ1n) is 7.45. The Kier molecular flexibility index (Phi) is 6.20. The Morgan fingerprint density at radius 3 is 3.05 bits per heavy atom. The van der Waals surface area contributed by atoms with Crippen LogP contribution in [0.1, 0.15) is 62.1 Å². The molecule has 2 rings (SSSR count). The molecule has 1 N–H and O–H groups in total. The van der Waals surface area contributed by atoms with Crippen molar-refractivity contribution in [3.8, 4) is 0 Å². The molecule has 19 heavy (non-hydrogen) atoms. The zero-order chi connectivity index (χ0) is 13.5. The van der Waals surface area contributed by atoms with Gasteiger partial charge in [0, 0.05) is 12.6 Å². The number of hydrogen-bond donors (Lipinski definition) is 1. The van der Waals surface area contributed by atoms with Crippen molar-refractivity contribution in [2.24, 2.45) is 0 Å². The van der Waals surface area contributed by atoms with Gasteiger partial charge in [0.15, 0.2) is 0 Å². The van der Waals surface area contributed by atoms with E-state index in [0.717, 1.165) is 31.7 Å². The van der Waals surface area contributed by atoms with Crippen molar-refractivity contribution in [2.75, 3.05) is 13.2 Å². The minimum atomic E-state index is 0.418. The Balaban J connectivity index is 1.81. The summed E-state index contributed by atoms with van der Waals surface area (Å²) in [4.78, 5) is 1.31. The van der Waals surface area contributed by atoms with Gasteiger partial charge in [-0.3, -0.25) is 0 Å². The highest BCUT2D eigenvalue weighted by molar-refractivity contribution is 7.05. The first-order valence-corrected chi connectivity index (χ1v) is 8.22. The van der Waals surface area contributed by atoms with Crippen LogP contribution in [0.5, 0.6) is 0 Å². The average Bonchev–Trinajstić information content (AvgIpc) is 3.05. The minimum absolute atomic E-state index is 0.418. The molecule has 0 spiro atoms. The highest BCUT2D eigenvalue weighted by atomic mass is 32.1. The highest BCUT2D eigenvalue weighted by Gasteiger charge is 2.19. The van der Waals surface area contributed by atoms with Crippen LogP contribution in [-0.4, -0.2) is 28.8 Å². The maximum Gasteiger partial charge on any atom is 0.0772 e. The van der Waals surface area contributed by atoms with Gasteiger partial charge in [0.2, 0.25) is 0 Å². The fourth-order valence-electron chi connectivity index (χ4n) is 2.62. The average molecular weight is 283 g/mol. The Labute approximate surface area is 120 Å². The monoisotopic (exact) mass is 283 g/mol. The van der Waals surface area contributed by atoms with Crippen molar-refractivity contribution in [2.45, 2.75) is 64.5 Å². The van der Waals surface area contributed by atoms with Crippen LogP contribution in [-0.2, 0) is 4.74 Å². The van der Waals surface area contributed by atoms with Gasteiger partial charge in [0.05, 0.1) is 16.7 Å². The number of ether oxygens (including phenoxy) is 1. The van der Waals surface area contributed by atoms with Crippen molar-refractivity contribution in [3.63, 3.8) is 0 Å². The van der Waals surface area contributed by atoms with Crippen LogP contribution < -0.4 is 5.32 Å². The zero-order valence-corrected chi connectivity index (χ0v) is 12.8. The quantitative estimate of drug-likeness (QED) is 0.795. The van der Waals surface area contributed by atoms with Crippen LogP contribution in [0.25, 0.3) is 0 Å². The number of nitrogens with zero attached hydrogens (tertiary/aromatic N) is 2. The van der Waals surface area contributed by atoms with E-state index in [-0.39, 0.29) is 0 Å². The second-order valence-electron chi connectivity index (χ2n) is 5.30. The first kappa shape index (κ1) is 14.9. The van der Waals surface area contributed by atoms with E-state index in [9.17, 15) is 0 Å². The molecule has 1 saturated heterocycles. The van der Waals surface area contributed by atoms with Crippen LogP contribution in [0.3, 0.4) is 0 Å². The molecule has 1 aliphatic heterocycles. The van der Waals surface area contributed by atoms with Crippen molar-refractivity contribution < 1.29 is 4.74 Å². The lowest BCUT2D eigenvalue weighted by atomic mass is 10.0. The predicted molar refractivity (Wildman–Crippen MR) is 78.5 cm³/mol. The molecule has 0 aliphatic carbocycles. The minimum Gasteiger partial charge on any atom is -0.378 e. The summed E-state index contributed by atoms with van der Waals surface area (Å²) in [6.07, 6.45) is 7.71. The third kappa shape index (κ3) is 4.51. The summed E-state index contributed by atoms with van der Waals surface area (Å²) in [5.74, 6) is 0. The standard InChI is InChI=1S/C14H25N3OS/c1-3-9-15-13(14-11(2)16-17-19-14)8-4-6-12-7-5-10-18-12/h12-13,15H,3-10H2,1-2H3. The second kappa shape index (κ2) is 7.92. The summed E-state index contributed by atoms with van der Waals surface area (Å²) in [5, 5.41) is 7.76. The molecule has 0 amide bonds. The van der Waals surface area contributed by atoms with Gasteiger partial charge in [0.1, 0.15) is 0 Å². The molecule has 1 aromatic rings. The molecule has 1 fully saturated rings. The largest absolute Gasteiger partial charge is 0.378 e. The number of aromatic nitrogens is 2. The molecular formula is C14H25N3OS. The van der Waals surface area contributed by atoms with E-state index in [1.165, 1.54) is 42.1 Å². The third-order valence-electron chi connectivity index (χ3n) is 3.69. The Morgan fingerprint density at radius 2 is 2.42 bits per heavy atom. The van der Waals surface area contributed by atoms with Crippen LogP contribution in [0.15, 0.2) is 0 Å². The highest BCUT2D eigenvalue weighted by Crippen LogP contribution is 2.26. The van der Waals surface area contributed by atoms with Crippen LogP contribution in [0.4, 0.5) is 0 Å². The molecule has 5 heteroatoms. The number of rotatable bonds is 8. The van der Waals surface area contributed by atoms with Gasteiger partial charge in [-0.05, 0) is 63.5 Å². The molecule has 4 nitrogen and oxygen atoms in total. The van der Waals surface area contributed by atoms with Gasteiger partial charge in [-0.2, -0.15) is 0 Å². The lowest BCUT2D eigenvalue weighted by molar-refractivity contribution is 0.101. The van der Waals surface area contributed by atoms with E-state index in [2.05, 4.69) is 28.8 Å². The van der Waals surface area contributed by atoms with E-state index in [1.54, 1.807) is 0 Å². The van der Waals surface area contributed by atoms with Gasteiger partial charge in [-0.1, -0.05) is 11.4 Å². The van der Waals surface area contributed by atoms with Gasteiger partial charge in [-0.25, -0.2) is 0 Å². The second-order valence-corrected chi connectivity index (χ2v) is 6.08. The zero-order valence-electron chi connectivity index (χ0n) is 12.0. The summed E-state index contributed by atoms with van der Waals surface area (Å²) < 4.78 is 9.75. The Hall–Kier alpha value is -0.520. The lowest BCUT2D eigenvalue weighted by Gasteiger charge is -2.18. The Morgan fingerprint density at radius 1 is 1.53 bits per heavy atom. The predicted octanol–water partition coefficient (Wildman–Crippen LogP) is 3.24. The van der Waals surface area contributed by atoms with Gasteiger partial charge in [-0.15, -0.1) is 5.10 Å². The normalized spacial score (nSPS) is 20.8. The van der Waals surface area contributed by atoms with Crippen LogP contribution in [0, 0.1) is 6.92 Å². The summed E-state index contributed by atoms with van der Waals surface area (Å²) >= 11 is 1.54. The molecule has 0 aromatic carbocycles. The van der Waals surface area contributed by atoms with E-state index in [0.29, 0.717) is 12.1 Å². The molecule has 2 heterocycles. The number of nitrogens with one attached hydrogen (secondary N) is 1. The number of hydrogen-bond acceptors (Lipinski definition) is 5. The van der Waals surface area contributed by atoms with Crippen molar-refractivity contribution in [1.82, 2.24) is 14.9 Å². The first-order chi connectivity index (χ1) is 9.31. The lowest BCUT2D eigenvalue weighted by Crippen LogP contribution is -2.22. The molecule has 2 unspecified atom stereocenters. The van der Waals surface area contributed by atoms with E-state index in [1.807, 2.05) is 0 Å². The molecule has 108 valence electrons. The fourth-order valence-corrected chi connectivity index (χ4v) is 3.38. The SMILES string of the molecule is CCCNC(CCCC1CCCO1)c1snnc1C. The van der Waals surface area contributed by atoms with Gasteiger partial charge in [0.25, 0.3) is 0 Å². The summed E-state index contributed by atoms with van der Waals surface area (Å²) in [7, 11) is 0. The van der Waals surface area contributed by atoms with E-state index < -0.39 is 0 Å². The maximum absolute atomic E-state index is 5.69. The summed E-state index contributed by atoms with van der Waals surface area (Å²) in [5.41, 5.74) is 1.08. The Bertz CT molecular complexity index is 363. The fraction of sp³-hybridized carbons (Fsp3) is 0.857. The molecule has 0 saturated carbocycles.